The van der Waals surface area contributed by atoms with E-state index >= 15 is 0 Å². The molecule has 1 fully saturated rings. The molecule has 23 heavy (non-hydrogen) atoms. The van der Waals surface area contributed by atoms with Gasteiger partial charge in [-0.1, -0.05) is 37.3 Å². The summed E-state index contributed by atoms with van der Waals surface area (Å²) in [7, 11) is 0. The molecule has 0 aliphatic carbocycles. The van der Waals surface area contributed by atoms with Gasteiger partial charge in [-0.3, -0.25) is 4.90 Å². The molecule has 122 valence electrons. The van der Waals surface area contributed by atoms with Crippen LogP contribution in [0.15, 0.2) is 48.5 Å². The van der Waals surface area contributed by atoms with Crippen molar-refractivity contribution in [1.82, 2.24) is 4.90 Å². The normalized spacial score (nSPS) is 16.4. The Morgan fingerprint density at radius 2 is 1.83 bits per heavy atom. The highest BCUT2D eigenvalue weighted by molar-refractivity contribution is 5.50. The summed E-state index contributed by atoms with van der Waals surface area (Å²) in [5.74, 6) is 0.956. The Bertz CT molecular complexity index is 619. The second kappa shape index (κ2) is 7.51. The highest BCUT2D eigenvalue weighted by Gasteiger charge is 2.20. The molecule has 0 unspecified atom stereocenters. The molecular formula is C20H26N2O. The third-order valence-corrected chi connectivity index (χ3v) is 4.58. The summed E-state index contributed by atoms with van der Waals surface area (Å²) in [6.07, 6.45) is 3.42. The highest BCUT2D eigenvalue weighted by atomic mass is 16.5. The van der Waals surface area contributed by atoms with Gasteiger partial charge in [0.2, 0.25) is 0 Å². The zero-order chi connectivity index (χ0) is 16.1. The standard InChI is InChI=1S/C20H26N2O/c1-2-17-14-19(8-9-20(17)21)23-18-10-12-22(13-11-18)15-16-6-4-3-5-7-16/h3-9,14,18H,2,10-13,15,21H2,1H3. The number of nitrogens with two attached hydrogens (primary N) is 1. The number of rotatable bonds is 5. The van der Waals surface area contributed by atoms with Crippen LogP contribution in [-0.2, 0) is 13.0 Å². The van der Waals surface area contributed by atoms with Gasteiger partial charge in [-0.2, -0.15) is 0 Å². The molecule has 3 nitrogen and oxygen atoms in total. The van der Waals surface area contributed by atoms with Gasteiger partial charge >= 0.3 is 0 Å². The second-order valence-corrected chi connectivity index (χ2v) is 6.29. The minimum absolute atomic E-state index is 0.315. The monoisotopic (exact) mass is 310 g/mol. The molecule has 0 amide bonds. The van der Waals surface area contributed by atoms with Crippen LogP contribution in [0.4, 0.5) is 5.69 Å². The van der Waals surface area contributed by atoms with E-state index in [2.05, 4.69) is 48.2 Å². The summed E-state index contributed by atoms with van der Waals surface area (Å²) in [6, 6.07) is 16.7. The largest absolute Gasteiger partial charge is 0.490 e. The van der Waals surface area contributed by atoms with Crippen molar-refractivity contribution in [3.8, 4) is 5.75 Å². The van der Waals surface area contributed by atoms with Crippen LogP contribution >= 0.6 is 0 Å². The summed E-state index contributed by atoms with van der Waals surface area (Å²) >= 11 is 0. The molecule has 3 rings (SSSR count). The molecule has 0 bridgehead atoms. The van der Waals surface area contributed by atoms with Crippen molar-refractivity contribution >= 4 is 5.69 Å². The summed E-state index contributed by atoms with van der Waals surface area (Å²) in [5, 5.41) is 0. The second-order valence-electron chi connectivity index (χ2n) is 6.29. The molecule has 2 N–H and O–H groups in total. The fraction of sp³-hybridized carbons (Fsp3) is 0.400. The SMILES string of the molecule is CCc1cc(OC2CCN(Cc3ccccc3)CC2)ccc1N. The predicted molar refractivity (Wildman–Crippen MR) is 95.6 cm³/mol. The van der Waals surface area contributed by atoms with Crippen molar-refractivity contribution in [2.45, 2.75) is 38.8 Å². The molecule has 1 heterocycles. The van der Waals surface area contributed by atoms with Crippen LogP contribution in [0.3, 0.4) is 0 Å². The average molecular weight is 310 g/mol. The molecule has 1 saturated heterocycles. The number of hydrogen-bond acceptors (Lipinski definition) is 3. The van der Waals surface area contributed by atoms with E-state index in [4.69, 9.17) is 10.5 Å². The van der Waals surface area contributed by atoms with Crippen LogP contribution in [0, 0.1) is 0 Å². The van der Waals surface area contributed by atoms with E-state index < -0.39 is 0 Å². The van der Waals surface area contributed by atoms with Crippen molar-refractivity contribution < 1.29 is 4.74 Å². The Labute approximate surface area is 139 Å². The van der Waals surface area contributed by atoms with Gasteiger partial charge in [-0.25, -0.2) is 0 Å². The molecule has 0 spiro atoms. The zero-order valence-electron chi connectivity index (χ0n) is 13.9. The van der Waals surface area contributed by atoms with E-state index in [1.54, 1.807) is 0 Å². The lowest BCUT2D eigenvalue weighted by molar-refractivity contribution is 0.0967. The first-order chi connectivity index (χ1) is 11.2. The molecule has 0 aromatic heterocycles. The first-order valence-electron chi connectivity index (χ1n) is 8.56. The zero-order valence-corrected chi connectivity index (χ0v) is 13.9. The van der Waals surface area contributed by atoms with Gasteiger partial charge in [-0.15, -0.1) is 0 Å². The number of likely N-dealkylation sites (tertiary alicyclic amines) is 1. The van der Waals surface area contributed by atoms with Crippen molar-refractivity contribution in [2.75, 3.05) is 18.8 Å². The summed E-state index contributed by atoms with van der Waals surface area (Å²) in [5.41, 5.74) is 9.38. The summed E-state index contributed by atoms with van der Waals surface area (Å²) in [4.78, 5) is 2.51. The molecule has 1 aliphatic heterocycles. The Kier molecular flexibility index (Phi) is 5.19. The number of nitrogens with zero attached hydrogens (tertiary/aromatic N) is 1. The van der Waals surface area contributed by atoms with Gasteiger partial charge in [0.05, 0.1) is 0 Å². The molecule has 0 radical (unpaired) electrons. The highest BCUT2D eigenvalue weighted by Crippen LogP contribution is 2.24. The van der Waals surface area contributed by atoms with Gasteiger partial charge in [0, 0.05) is 25.3 Å². The van der Waals surface area contributed by atoms with Gasteiger partial charge < -0.3 is 10.5 Å². The lowest BCUT2D eigenvalue weighted by atomic mass is 10.1. The molecule has 3 heteroatoms. The van der Waals surface area contributed by atoms with E-state index in [1.165, 1.54) is 11.1 Å². The number of benzene rings is 2. The first kappa shape index (κ1) is 15.9. The van der Waals surface area contributed by atoms with Crippen molar-refractivity contribution in [1.29, 1.82) is 0 Å². The molecule has 0 atom stereocenters. The fourth-order valence-corrected chi connectivity index (χ4v) is 3.18. The predicted octanol–water partition coefficient (Wildman–Crippen LogP) is 3.87. The van der Waals surface area contributed by atoms with E-state index in [-0.39, 0.29) is 0 Å². The van der Waals surface area contributed by atoms with Gasteiger partial charge in [0.1, 0.15) is 11.9 Å². The van der Waals surface area contributed by atoms with E-state index in [1.807, 2.05) is 12.1 Å². The molecule has 0 saturated carbocycles. The fourth-order valence-electron chi connectivity index (χ4n) is 3.18. The number of anilines is 1. The lowest BCUT2D eigenvalue weighted by Crippen LogP contribution is -2.37. The van der Waals surface area contributed by atoms with E-state index in [0.717, 1.165) is 50.3 Å². The molecule has 2 aromatic rings. The van der Waals surface area contributed by atoms with Crippen molar-refractivity contribution in [3.63, 3.8) is 0 Å². The Morgan fingerprint density at radius 1 is 1.09 bits per heavy atom. The van der Waals surface area contributed by atoms with Crippen LogP contribution in [0.5, 0.6) is 5.75 Å². The Balaban J connectivity index is 1.51. The van der Waals surface area contributed by atoms with Gasteiger partial charge in [0.15, 0.2) is 0 Å². The summed E-state index contributed by atoms with van der Waals surface area (Å²) in [6.45, 7) is 5.34. The van der Waals surface area contributed by atoms with Gasteiger partial charge in [-0.05, 0) is 48.6 Å². The quantitative estimate of drug-likeness (QED) is 0.852. The maximum absolute atomic E-state index is 6.17. The number of aryl methyl sites for hydroxylation is 1. The lowest BCUT2D eigenvalue weighted by Gasteiger charge is -2.32. The number of ether oxygens (including phenoxy) is 1. The summed E-state index contributed by atoms with van der Waals surface area (Å²) < 4.78 is 6.17. The van der Waals surface area contributed by atoms with Gasteiger partial charge in [0.25, 0.3) is 0 Å². The maximum atomic E-state index is 6.17. The van der Waals surface area contributed by atoms with Crippen LogP contribution in [-0.4, -0.2) is 24.1 Å². The number of nitrogen functional groups attached to an aromatic ring is 1. The minimum atomic E-state index is 0.315. The number of hydrogen-bond donors (Lipinski definition) is 1. The van der Waals surface area contributed by atoms with Crippen molar-refractivity contribution in [2.24, 2.45) is 0 Å². The topological polar surface area (TPSA) is 38.5 Å². The van der Waals surface area contributed by atoms with Crippen LogP contribution < -0.4 is 10.5 Å². The Hall–Kier alpha value is -2.00. The third-order valence-electron chi connectivity index (χ3n) is 4.58. The van der Waals surface area contributed by atoms with Crippen LogP contribution in [0.25, 0.3) is 0 Å². The van der Waals surface area contributed by atoms with Crippen LogP contribution in [0.1, 0.15) is 30.9 Å². The maximum Gasteiger partial charge on any atom is 0.120 e. The smallest absolute Gasteiger partial charge is 0.120 e. The first-order valence-corrected chi connectivity index (χ1v) is 8.56. The average Bonchev–Trinajstić information content (AvgIpc) is 2.59. The van der Waals surface area contributed by atoms with Crippen molar-refractivity contribution in [3.05, 3.63) is 59.7 Å². The molecular weight excluding hydrogens is 284 g/mol. The minimum Gasteiger partial charge on any atom is -0.490 e. The molecule has 1 aliphatic rings. The number of piperidine rings is 1. The molecule has 2 aromatic carbocycles. The van der Waals surface area contributed by atoms with E-state index in [0.29, 0.717) is 6.10 Å². The van der Waals surface area contributed by atoms with Crippen LogP contribution in [0.2, 0.25) is 0 Å². The third kappa shape index (κ3) is 4.26. The van der Waals surface area contributed by atoms with E-state index in [9.17, 15) is 0 Å². The Morgan fingerprint density at radius 3 is 2.52 bits per heavy atom.